The van der Waals surface area contributed by atoms with Gasteiger partial charge in [0.25, 0.3) is 0 Å². The first-order valence-electron chi connectivity index (χ1n) is 13.3. The molecule has 2 aliphatic rings. The van der Waals surface area contributed by atoms with Crippen molar-refractivity contribution < 1.29 is 52.7 Å². The Balaban J connectivity index is 1.93. The molecule has 2 aromatic carbocycles. The first-order valence-corrected chi connectivity index (χ1v) is 13.3. The van der Waals surface area contributed by atoms with Crippen LogP contribution in [0, 0.1) is 11.8 Å². The second-order valence-corrected chi connectivity index (χ2v) is 11.3. The fraction of sp³-hybridized carbons (Fsp3) is 0.500. The lowest BCUT2D eigenvalue weighted by molar-refractivity contribution is -0.144. The number of hydrogen-bond acceptors (Lipinski definition) is 4. The van der Waals surface area contributed by atoms with Gasteiger partial charge in [-0.1, -0.05) is 27.7 Å². The van der Waals surface area contributed by atoms with Gasteiger partial charge in [0.1, 0.15) is 0 Å². The van der Waals surface area contributed by atoms with Crippen molar-refractivity contribution in [1.29, 1.82) is 0 Å². The van der Waals surface area contributed by atoms with Gasteiger partial charge in [0, 0.05) is 24.5 Å². The predicted molar refractivity (Wildman–Crippen MR) is 140 cm³/mol. The minimum atomic E-state index is -5.17. The number of amidine groups is 2. The van der Waals surface area contributed by atoms with E-state index in [2.05, 4.69) is 9.98 Å². The monoisotopic (exact) mass is 646 g/mol. The Bertz CT molecular complexity index is 1270. The molecule has 4 rings (SSSR count). The first kappa shape index (κ1) is 33.4. The fourth-order valence-corrected chi connectivity index (χ4v) is 4.80. The molecule has 0 saturated carbocycles. The van der Waals surface area contributed by atoms with Gasteiger partial charge >= 0.3 is 24.7 Å². The van der Waals surface area contributed by atoms with Crippen LogP contribution in [0.2, 0.25) is 0 Å². The molecule has 0 N–H and O–H groups in total. The van der Waals surface area contributed by atoms with Gasteiger partial charge < -0.3 is 9.80 Å². The smallest absolute Gasteiger partial charge is 0.321 e. The van der Waals surface area contributed by atoms with E-state index in [0.717, 1.165) is 9.80 Å². The summed E-state index contributed by atoms with van der Waals surface area (Å²) in [6.45, 7) is 6.32. The molecule has 0 bridgehead atoms. The normalized spacial score (nSPS) is 20.2. The van der Waals surface area contributed by atoms with Crippen molar-refractivity contribution in [2.24, 2.45) is 21.8 Å². The highest BCUT2D eigenvalue weighted by molar-refractivity contribution is 6.50. The molecule has 0 aromatic heterocycles. The number of rotatable bonds is 5. The van der Waals surface area contributed by atoms with Crippen LogP contribution in [0.1, 0.15) is 49.9 Å². The molecule has 4 nitrogen and oxygen atoms in total. The van der Waals surface area contributed by atoms with E-state index in [9.17, 15) is 52.7 Å². The Kier molecular flexibility index (Phi) is 8.48. The Morgan fingerprint density at radius 3 is 0.955 bits per heavy atom. The van der Waals surface area contributed by atoms with Crippen molar-refractivity contribution >= 4 is 23.0 Å². The van der Waals surface area contributed by atoms with Gasteiger partial charge in [-0.25, -0.2) is 0 Å². The van der Waals surface area contributed by atoms with E-state index in [0.29, 0.717) is 24.3 Å². The van der Waals surface area contributed by atoms with Gasteiger partial charge in [0.05, 0.1) is 34.3 Å². The van der Waals surface area contributed by atoms with Crippen molar-refractivity contribution in [1.82, 2.24) is 0 Å². The Morgan fingerprint density at radius 1 is 0.500 bits per heavy atom. The van der Waals surface area contributed by atoms with Crippen LogP contribution in [-0.2, 0) is 24.7 Å². The van der Waals surface area contributed by atoms with Crippen molar-refractivity contribution in [3.8, 4) is 0 Å². The lowest BCUT2D eigenvalue weighted by Gasteiger charge is -2.28. The van der Waals surface area contributed by atoms with Gasteiger partial charge in [-0.2, -0.15) is 52.7 Å². The minimum Gasteiger partial charge on any atom is -0.321 e. The zero-order chi connectivity index (χ0) is 33.2. The zero-order valence-electron chi connectivity index (χ0n) is 23.5. The van der Waals surface area contributed by atoms with Gasteiger partial charge in [-0.3, -0.25) is 9.98 Å². The molecule has 0 spiro atoms. The van der Waals surface area contributed by atoms with Crippen LogP contribution < -0.4 is 9.80 Å². The van der Waals surface area contributed by atoms with Crippen molar-refractivity contribution in [3.63, 3.8) is 0 Å². The molecule has 44 heavy (non-hydrogen) atoms. The highest BCUT2D eigenvalue weighted by Crippen LogP contribution is 2.42. The number of alkyl halides is 12. The largest absolute Gasteiger partial charge is 0.416 e. The third kappa shape index (κ3) is 6.93. The van der Waals surface area contributed by atoms with Crippen molar-refractivity contribution in [2.45, 2.75) is 64.5 Å². The molecular weight excluding hydrogens is 620 g/mol. The average Bonchev–Trinajstić information content (AvgIpc) is 3.51. The van der Waals surface area contributed by atoms with Crippen molar-refractivity contribution in [3.05, 3.63) is 58.7 Å². The molecule has 2 aliphatic heterocycles. The average molecular weight is 647 g/mol. The lowest BCUT2D eigenvalue weighted by Crippen LogP contribution is -2.43. The van der Waals surface area contributed by atoms with Crippen LogP contribution in [0.3, 0.4) is 0 Å². The van der Waals surface area contributed by atoms with Crippen LogP contribution in [0.5, 0.6) is 0 Å². The highest BCUT2D eigenvalue weighted by atomic mass is 19.4. The quantitative estimate of drug-likeness (QED) is 0.304. The molecule has 0 amide bonds. The number of halogens is 12. The van der Waals surface area contributed by atoms with E-state index in [4.69, 9.17) is 0 Å². The molecule has 242 valence electrons. The molecule has 0 radical (unpaired) electrons. The standard InChI is InChI=1S/C28H26F12N4/c1-13(2)21-11-43(19-7-15(25(29,30)31)5-16(8-19)26(32,33)34)23(41-21)24-42-22(14(3)4)12-44(24)20-9-17(27(35,36)37)6-18(10-20)28(38,39)40/h5-10,13-14,21-22H,11-12H2,1-4H3/t21-,22-/m1/s1. The zero-order valence-corrected chi connectivity index (χ0v) is 23.5. The molecular formula is C28H26F12N4. The summed E-state index contributed by atoms with van der Waals surface area (Å²) in [5.41, 5.74) is -7.55. The highest BCUT2D eigenvalue weighted by Gasteiger charge is 2.43. The SMILES string of the molecule is CC(C)[C@H]1CN(c2cc(C(F)(F)F)cc(C(F)(F)F)c2)C(C2=N[C@@H](C(C)C)CN2c2cc(C(F)(F)F)cc(C(F)(F)F)c2)=N1. The van der Waals surface area contributed by atoms with E-state index in [-0.39, 0.29) is 48.7 Å². The summed E-state index contributed by atoms with van der Waals surface area (Å²) in [7, 11) is 0. The van der Waals surface area contributed by atoms with Crippen molar-refractivity contribution in [2.75, 3.05) is 22.9 Å². The van der Waals surface area contributed by atoms with Gasteiger partial charge in [-0.15, -0.1) is 0 Å². The Labute approximate surface area is 244 Å². The van der Waals surface area contributed by atoms with Crippen LogP contribution in [-0.4, -0.2) is 36.8 Å². The number of benzene rings is 2. The summed E-state index contributed by atoms with van der Waals surface area (Å²) in [5.74, 6) is -1.15. The second-order valence-electron chi connectivity index (χ2n) is 11.3. The number of anilines is 2. The maximum atomic E-state index is 13.7. The molecule has 0 unspecified atom stereocenters. The second kappa shape index (κ2) is 11.2. The summed E-state index contributed by atoms with van der Waals surface area (Å²) < 4.78 is 164. The first-order chi connectivity index (χ1) is 20.0. The van der Waals surface area contributed by atoms with Gasteiger partial charge in [0.2, 0.25) is 0 Å². The molecule has 2 atom stereocenters. The Morgan fingerprint density at radius 2 is 0.750 bits per heavy atom. The minimum absolute atomic E-state index is 0.0498. The van der Waals surface area contributed by atoms with Gasteiger partial charge in [-0.05, 0) is 48.2 Å². The lowest BCUT2D eigenvalue weighted by atomic mass is 10.0. The number of hydrogen-bond donors (Lipinski definition) is 0. The van der Waals surface area contributed by atoms with E-state index in [1.807, 2.05) is 0 Å². The summed E-state index contributed by atoms with van der Waals surface area (Å²) in [4.78, 5) is 11.1. The van der Waals surface area contributed by atoms with Gasteiger partial charge in [0.15, 0.2) is 11.7 Å². The van der Waals surface area contributed by atoms with Crippen LogP contribution in [0.25, 0.3) is 0 Å². The van der Waals surface area contributed by atoms with E-state index < -0.39 is 70.4 Å². The molecule has 0 saturated heterocycles. The topological polar surface area (TPSA) is 31.2 Å². The molecule has 16 heteroatoms. The predicted octanol–water partition coefficient (Wildman–Crippen LogP) is 8.95. The van der Waals surface area contributed by atoms with E-state index in [1.165, 1.54) is 0 Å². The maximum Gasteiger partial charge on any atom is 0.416 e. The number of nitrogens with zero attached hydrogens (tertiary/aromatic N) is 4. The molecule has 2 aromatic rings. The fourth-order valence-electron chi connectivity index (χ4n) is 4.80. The molecule has 0 aliphatic carbocycles. The third-order valence-corrected chi connectivity index (χ3v) is 7.33. The number of aliphatic imine (C=N–C) groups is 2. The maximum absolute atomic E-state index is 13.7. The van der Waals surface area contributed by atoms with E-state index >= 15 is 0 Å². The van der Waals surface area contributed by atoms with Crippen LogP contribution >= 0.6 is 0 Å². The molecule has 0 fully saturated rings. The summed E-state index contributed by atoms with van der Waals surface area (Å²) in [6, 6.07) is 0.432. The van der Waals surface area contributed by atoms with Crippen LogP contribution in [0.4, 0.5) is 64.1 Å². The summed E-state index contributed by atoms with van der Waals surface area (Å²) in [6.07, 6.45) is -20.7. The molecule has 2 heterocycles. The van der Waals surface area contributed by atoms with Crippen LogP contribution in [0.15, 0.2) is 46.4 Å². The third-order valence-electron chi connectivity index (χ3n) is 7.33. The summed E-state index contributed by atoms with van der Waals surface area (Å²) >= 11 is 0. The van der Waals surface area contributed by atoms with E-state index in [1.54, 1.807) is 27.7 Å². The summed E-state index contributed by atoms with van der Waals surface area (Å²) in [5, 5.41) is 0. The Hall–Kier alpha value is -3.46.